The molecule has 7 nitrogen and oxygen atoms in total. The van der Waals surface area contributed by atoms with Crippen LogP contribution in [0, 0.1) is 5.82 Å². The largest absolute Gasteiger partial charge is 0.334 e. The van der Waals surface area contributed by atoms with Crippen molar-refractivity contribution in [1.29, 1.82) is 0 Å². The number of aromatic nitrogens is 3. The fourth-order valence-electron chi connectivity index (χ4n) is 2.98. The van der Waals surface area contributed by atoms with E-state index in [4.69, 9.17) is 4.52 Å². The molecule has 3 heterocycles. The number of likely N-dealkylation sites (N-methyl/N-ethyl adjacent to an activating group) is 1. The molecular formula is C16H16FN5O2. The molecule has 1 aromatic carbocycles. The SMILES string of the molecule is CN1CCNCC1c1noc(-c2cc(=O)[nH]c3cc(F)ccc23)n1. The smallest absolute Gasteiger partial charge is 0.258 e. The molecule has 1 aliphatic rings. The van der Waals surface area contributed by atoms with Crippen molar-refractivity contribution in [2.24, 2.45) is 0 Å². The number of nitrogens with zero attached hydrogens (tertiary/aromatic N) is 3. The number of piperazine rings is 1. The maximum absolute atomic E-state index is 13.4. The Balaban J connectivity index is 1.80. The molecule has 0 radical (unpaired) electrons. The number of nitrogens with one attached hydrogen (secondary N) is 2. The molecule has 24 heavy (non-hydrogen) atoms. The molecule has 0 amide bonds. The lowest BCUT2D eigenvalue weighted by Gasteiger charge is -2.30. The summed E-state index contributed by atoms with van der Waals surface area (Å²) in [7, 11) is 2.01. The Hall–Kier alpha value is -2.58. The molecule has 1 fully saturated rings. The number of fused-ring (bicyclic) bond motifs is 1. The normalized spacial score (nSPS) is 19.0. The average Bonchev–Trinajstić information content (AvgIpc) is 3.03. The van der Waals surface area contributed by atoms with Gasteiger partial charge in [-0.1, -0.05) is 5.16 Å². The van der Waals surface area contributed by atoms with Gasteiger partial charge in [0.1, 0.15) is 5.82 Å². The molecule has 0 bridgehead atoms. The molecule has 8 heteroatoms. The zero-order valence-electron chi connectivity index (χ0n) is 13.0. The average molecular weight is 329 g/mol. The minimum atomic E-state index is -0.420. The number of halogens is 1. The number of aromatic amines is 1. The third-order valence-electron chi connectivity index (χ3n) is 4.29. The minimum Gasteiger partial charge on any atom is -0.334 e. The Labute approximate surface area is 136 Å². The van der Waals surface area contributed by atoms with Crippen LogP contribution in [0.15, 0.2) is 33.6 Å². The number of pyridine rings is 1. The Bertz CT molecular complexity index is 951. The minimum absolute atomic E-state index is 0.0157. The maximum atomic E-state index is 13.4. The lowest BCUT2D eigenvalue weighted by Crippen LogP contribution is -2.44. The highest BCUT2D eigenvalue weighted by Crippen LogP contribution is 2.27. The summed E-state index contributed by atoms with van der Waals surface area (Å²) in [6.45, 7) is 2.54. The Morgan fingerprint density at radius 2 is 2.25 bits per heavy atom. The number of H-pyrrole nitrogens is 1. The molecule has 1 atom stereocenters. The van der Waals surface area contributed by atoms with Crippen LogP contribution in [-0.4, -0.2) is 46.7 Å². The van der Waals surface area contributed by atoms with Crippen molar-refractivity contribution < 1.29 is 8.91 Å². The van der Waals surface area contributed by atoms with E-state index in [9.17, 15) is 9.18 Å². The van der Waals surface area contributed by atoms with Gasteiger partial charge in [-0.2, -0.15) is 4.98 Å². The molecule has 1 saturated heterocycles. The van der Waals surface area contributed by atoms with E-state index in [-0.39, 0.29) is 17.5 Å². The second kappa shape index (κ2) is 5.81. The van der Waals surface area contributed by atoms with Gasteiger partial charge in [-0.05, 0) is 25.2 Å². The Kier molecular flexibility index (Phi) is 3.62. The van der Waals surface area contributed by atoms with Crippen LogP contribution in [-0.2, 0) is 0 Å². The van der Waals surface area contributed by atoms with Crippen molar-refractivity contribution in [2.45, 2.75) is 6.04 Å². The quantitative estimate of drug-likeness (QED) is 0.737. The fourth-order valence-corrected chi connectivity index (χ4v) is 2.98. The highest BCUT2D eigenvalue weighted by atomic mass is 19.1. The predicted octanol–water partition coefficient (Wildman–Crippen LogP) is 1.29. The standard InChI is InChI=1S/C16H16FN5O2/c1-22-5-4-18-8-13(22)15-20-16(24-21-15)11-7-14(23)19-12-6-9(17)2-3-10(11)12/h2-3,6-7,13,18H,4-5,8H2,1H3,(H,19,23). The van der Waals surface area contributed by atoms with Gasteiger partial charge in [0.05, 0.1) is 17.1 Å². The lowest BCUT2D eigenvalue weighted by atomic mass is 10.1. The van der Waals surface area contributed by atoms with Gasteiger partial charge >= 0.3 is 0 Å². The molecule has 2 aromatic heterocycles. The van der Waals surface area contributed by atoms with Crippen molar-refractivity contribution in [3.63, 3.8) is 0 Å². The topological polar surface area (TPSA) is 87.0 Å². The van der Waals surface area contributed by atoms with Gasteiger partial charge in [-0.3, -0.25) is 9.69 Å². The van der Waals surface area contributed by atoms with Gasteiger partial charge in [0.15, 0.2) is 5.82 Å². The van der Waals surface area contributed by atoms with Gasteiger partial charge in [0.2, 0.25) is 5.56 Å². The summed E-state index contributed by atoms with van der Waals surface area (Å²) in [6.07, 6.45) is 0. The van der Waals surface area contributed by atoms with Crippen LogP contribution in [0.2, 0.25) is 0 Å². The van der Waals surface area contributed by atoms with Gasteiger partial charge in [-0.25, -0.2) is 4.39 Å². The van der Waals surface area contributed by atoms with E-state index in [1.54, 1.807) is 6.07 Å². The highest BCUT2D eigenvalue weighted by molar-refractivity contribution is 5.91. The Morgan fingerprint density at radius 3 is 3.08 bits per heavy atom. The molecule has 0 aliphatic carbocycles. The van der Waals surface area contributed by atoms with E-state index in [2.05, 4.69) is 25.3 Å². The highest BCUT2D eigenvalue weighted by Gasteiger charge is 2.26. The first kappa shape index (κ1) is 15.0. The van der Waals surface area contributed by atoms with Gasteiger partial charge in [-0.15, -0.1) is 0 Å². The zero-order chi connectivity index (χ0) is 16.7. The summed E-state index contributed by atoms with van der Waals surface area (Å²) >= 11 is 0. The summed E-state index contributed by atoms with van der Waals surface area (Å²) < 4.78 is 18.8. The number of rotatable bonds is 2. The van der Waals surface area contributed by atoms with Crippen LogP contribution < -0.4 is 10.9 Å². The molecule has 1 aliphatic heterocycles. The van der Waals surface area contributed by atoms with Crippen LogP contribution in [0.4, 0.5) is 4.39 Å². The predicted molar refractivity (Wildman–Crippen MR) is 86.1 cm³/mol. The van der Waals surface area contributed by atoms with Crippen molar-refractivity contribution in [3.8, 4) is 11.5 Å². The van der Waals surface area contributed by atoms with Gasteiger partial charge < -0.3 is 14.8 Å². The van der Waals surface area contributed by atoms with E-state index in [1.165, 1.54) is 18.2 Å². The van der Waals surface area contributed by atoms with Crippen LogP contribution in [0.5, 0.6) is 0 Å². The Morgan fingerprint density at radius 1 is 1.38 bits per heavy atom. The van der Waals surface area contributed by atoms with Crippen LogP contribution in [0.3, 0.4) is 0 Å². The molecule has 2 N–H and O–H groups in total. The van der Waals surface area contributed by atoms with Crippen molar-refractivity contribution in [1.82, 2.24) is 25.3 Å². The van der Waals surface area contributed by atoms with Crippen molar-refractivity contribution >= 4 is 10.9 Å². The second-order valence-corrected chi connectivity index (χ2v) is 5.90. The van der Waals surface area contributed by atoms with Crippen molar-refractivity contribution in [3.05, 3.63) is 46.3 Å². The van der Waals surface area contributed by atoms with E-state index < -0.39 is 5.82 Å². The molecule has 1 unspecified atom stereocenters. The van der Waals surface area contributed by atoms with E-state index in [1.807, 2.05) is 7.05 Å². The maximum Gasteiger partial charge on any atom is 0.258 e. The number of hydrogen-bond acceptors (Lipinski definition) is 6. The summed E-state index contributed by atoms with van der Waals surface area (Å²) in [6, 6.07) is 5.60. The second-order valence-electron chi connectivity index (χ2n) is 5.90. The summed E-state index contributed by atoms with van der Waals surface area (Å²) in [5, 5.41) is 8.02. The lowest BCUT2D eigenvalue weighted by molar-refractivity contribution is 0.190. The number of benzene rings is 1. The van der Waals surface area contributed by atoms with E-state index >= 15 is 0 Å². The summed E-state index contributed by atoms with van der Waals surface area (Å²) in [5.41, 5.74) is 0.548. The molecule has 124 valence electrons. The molecule has 3 aromatic rings. The third kappa shape index (κ3) is 2.59. The first-order chi connectivity index (χ1) is 11.6. The zero-order valence-corrected chi connectivity index (χ0v) is 13.0. The summed E-state index contributed by atoms with van der Waals surface area (Å²) in [4.78, 5) is 21.1. The van der Waals surface area contributed by atoms with Crippen LogP contribution in [0.1, 0.15) is 11.9 Å². The molecule has 0 saturated carbocycles. The monoisotopic (exact) mass is 329 g/mol. The molecule has 4 rings (SSSR count). The first-order valence-corrected chi connectivity index (χ1v) is 7.69. The van der Waals surface area contributed by atoms with E-state index in [0.717, 1.165) is 19.6 Å². The van der Waals surface area contributed by atoms with Crippen LogP contribution >= 0.6 is 0 Å². The summed E-state index contributed by atoms with van der Waals surface area (Å²) in [5.74, 6) is 0.401. The van der Waals surface area contributed by atoms with Gasteiger partial charge in [0.25, 0.3) is 5.89 Å². The molecule has 0 spiro atoms. The third-order valence-corrected chi connectivity index (χ3v) is 4.29. The van der Waals surface area contributed by atoms with Gasteiger partial charge in [0, 0.05) is 31.1 Å². The first-order valence-electron chi connectivity index (χ1n) is 7.69. The molecular weight excluding hydrogens is 313 g/mol. The van der Waals surface area contributed by atoms with Crippen LogP contribution in [0.25, 0.3) is 22.4 Å². The fraction of sp³-hybridized carbons (Fsp3) is 0.312. The van der Waals surface area contributed by atoms with E-state index in [0.29, 0.717) is 22.3 Å². The number of hydrogen-bond donors (Lipinski definition) is 2. The van der Waals surface area contributed by atoms with Crippen molar-refractivity contribution in [2.75, 3.05) is 26.7 Å².